The molecule has 1 aliphatic heterocycles. The molecule has 0 spiro atoms. The van der Waals surface area contributed by atoms with Crippen LogP contribution < -0.4 is 5.32 Å². The number of carbonyl (C=O) groups excluding carboxylic acids is 3. The smallest absolute Gasteiger partial charge is 0.326 e. The first kappa shape index (κ1) is 24.6. The Morgan fingerprint density at radius 1 is 0.943 bits per heavy atom. The SMILES string of the molecule is CC1(C)CC(=O)C2=C(C1)N(Cc1ccc(F)cc1)C(=O)[C@]2(NC(=O)c1ccc(F)cc1)C(F)(F)F. The molecular formula is C25H21F5N2O3. The van der Waals surface area contributed by atoms with Crippen LogP contribution in [0.15, 0.2) is 59.8 Å². The molecule has 0 bridgehead atoms. The van der Waals surface area contributed by atoms with Crippen molar-refractivity contribution in [3.63, 3.8) is 0 Å². The predicted molar refractivity (Wildman–Crippen MR) is 115 cm³/mol. The van der Waals surface area contributed by atoms with Crippen LogP contribution in [0.2, 0.25) is 0 Å². The Balaban J connectivity index is 1.86. The maximum absolute atomic E-state index is 14.8. The van der Waals surface area contributed by atoms with E-state index in [0.717, 1.165) is 41.3 Å². The van der Waals surface area contributed by atoms with Crippen molar-refractivity contribution in [2.45, 2.75) is 44.9 Å². The molecule has 2 aliphatic rings. The van der Waals surface area contributed by atoms with E-state index in [1.54, 1.807) is 19.2 Å². The lowest BCUT2D eigenvalue weighted by Gasteiger charge is -2.35. The molecule has 0 saturated heterocycles. The van der Waals surface area contributed by atoms with Gasteiger partial charge < -0.3 is 10.2 Å². The molecule has 2 aromatic carbocycles. The molecular weight excluding hydrogens is 471 g/mol. The molecule has 35 heavy (non-hydrogen) atoms. The number of carbonyl (C=O) groups is 3. The monoisotopic (exact) mass is 492 g/mol. The fourth-order valence-electron chi connectivity index (χ4n) is 4.61. The van der Waals surface area contributed by atoms with Crippen molar-refractivity contribution in [1.29, 1.82) is 0 Å². The quantitative estimate of drug-likeness (QED) is 0.631. The number of hydrogen-bond donors (Lipinski definition) is 1. The van der Waals surface area contributed by atoms with E-state index in [9.17, 15) is 36.3 Å². The van der Waals surface area contributed by atoms with Crippen LogP contribution in [-0.2, 0) is 16.1 Å². The molecule has 2 amide bonds. The third-order valence-corrected chi connectivity index (χ3v) is 6.21. The van der Waals surface area contributed by atoms with Gasteiger partial charge in [0.25, 0.3) is 11.8 Å². The number of allylic oxidation sites excluding steroid dienone is 1. The van der Waals surface area contributed by atoms with E-state index in [-0.39, 0.29) is 30.6 Å². The minimum absolute atomic E-state index is 0.0226. The van der Waals surface area contributed by atoms with Crippen molar-refractivity contribution < 1.29 is 36.3 Å². The van der Waals surface area contributed by atoms with E-state index >= 15 is 0 Å². The van der Waals surface area contributed by atoms with Crippen LogP contribution in [0.3, 0.4) is 0 Å². The number of hydrogen-bond acceptors (Lipinski definition) is 3. The van der Waals surface area contributed by atoms with Crippen LogP contribution in [0.1, 0.15) is 42.6 Å². The third-order valence-electron chi connectivity index (χ3n) is 6.21. The lowest BCUT2D eigenvalue weighted by Crippen LogP contribution is -2.66. The second-order valence-corrected chi connectivity index (χ2v) is 9.49. The van der Waals surface area contributed by atoms with E-state index in [2.05, 4.69) is 0 Å². The first-order valence-electron chi connectivity index (χ1n) is 10.7. The zero-order valence-electron chi connectivity index (χ0n) is 18.8. The highest BCUT2D eigenvalue weighted by atomic mass is 19.4. The summed E-state index contributed by atoms with van der Waals surface area (Å²) in [6.07, 6.45) is -5.64. The van der Waals surface area contributed by atoms with E-state index in [1.165, 1.54) is 12.1 Å². The summed E-state index contributed by atoms with van der Waals surface area (Å²) >= 11 is 0. The molecule has 4 rings (SSSR count). The summed E-state index contributed by atoms with van der Waals surface area (Å²) in [7, 11) is 0. The fraction of sp³-hybridized carbons (Fsp3) is 0.320. The van der Waals surface area contributed by atoms with Crippen molar-refractivity contribution in [3.8, 4) is 0 Å². The van der Waals surface area contributed by atoms with Crippen LogP contribution in [0.4, 0.5) is 22.0 Å². The Morgan fingerprint density at radius 2 is 1.49 bits per heavy atom. The highest BCUT2D eigenvalue weighted by molar-refractivity contribution is 6.14. The predicted octanol–water partition coefficient (Wildman–Crippen LogP) is 4.68. The largest absolute Gasteiger partial charge is 0.425 e. The number of nitrogens with one attached hydrogen (secondary N) is 1. The lowest BCUT2D eigenvalue weighted by molar-refractivity contribution is -0.190. The summed E-state index contributed by atoms with van der Waals surface area (Å²) in [6.45, 7) is 3.03. The topological polar surface area (TPSA) is 66.5 Å². The standard InChI is InChI=1S/C25H21F5N2O3/c1-23(2)11-18-20(19(33)12-23)24(25(28,29)30,31-21(34)15-5-9-17(27)10-6-15)22(35)32(18)13-14-3-7-16(26)8-4-14/h3-10H,11-13H2,1-2H3,(H,31,34)/t24-/m0/s1. The van der Waals surface area contributed by atoms with Gasteiger partial charge in [-0.25, -0.2) is 8.78 Å². The maximum Gasteiger partial charge on any atom is 0.425 e. The van der Waals surface area contributed by atoms with E-state index in [1.807, 2.05) is 0 Å². The van der Waals surface area contributed by atoms with E-state index < -0.39 is 51.9 Å². The number of rotatable bonds is 4. The number of ketones is 1. The normalized spacial score (nSPS) is 21.9. The molecule has 0 unspecified atom stereocenters. The molecule has 1 aliphatic carbocycles. The Bertz CT molecular complexity index is 1230. The van der Waals surface area contributed by atoms with Crippen LogP contribution in [0, 0.1) is 17.0 Å². The lowest BCUT2D eigenvalue weighted by atomic mass is 9.72. The van der Waals surface area contributed by atoms with Gasteiger partial charge in [0.05, 0.1) is 12.1 Å². The van der Waals surface area contributed by atoms with Gasteiger partial charge >= 0.3 is 6.18 Å². The second-order valence-electron chi connectivity index (χ2n) is 9.49. The van der Waals surface area contributed by atoms with Gasteiger partial charge in [0, 0.05) is 17.7 Å². The average Bonchev–Trinajstić information content (AvgIpc) is 2.98. The van der Waals surface area contributed by atoms with E-state index in [4.69, 9.17) is 0 Å². The number of amides is 2. The zero-order chi connectivity index (χ0) is 25.8. The van der Waals surface area contributed by atoms with Crippen LogP contribution in [0.25, 0.3) is 0 Å². The first-order chi connectivity index (χ1) is 16.2. The van der Waals surface area contributed by atoms with Gasteiger partial charge in [-0.2, -0.15) is 13.2 Å². The van der Waals surface area contributed by atoms with Gasteiger partial charge in [0.1, 0.15) is 11.6 Å². The van der Waals surface area contributed by atoms with Crippen molar-refractivity contribution in [3.05, 3.63) is 82.6 Å². The van der Waals surface area contributed by atoms with Crippen molar-refractivity contribution in [2.24, 2.45) is 5.41 Å². The van der Waals surface area contributed by atoms with Gasteiger partial charge in [-0.1, -0.05) is 26.0 Å². The molecule has 1 atom stereocenters. The molecule has 1 heterocycles. The summed E-state index contributed by atoms with van der Waals surface area (Å²) in [5.74, 6) is -4.98. The van der Waals surface area contributed by atoms with Crippen LogP contribution in [-0.4, -0.2) is 34.2 Å². The third kappa shape index (κ3) is 4.21. The summed E-state index contributed by atoms with van der Waals surface area (Å²) < 4.78 is 70.9. The van der Waals surface area contributed by atoms with Crippen molar-refractivity contribution in [1.82, 2.24) is 10.2 Å². The highest BCUT2D eigenvalue weighted by Crippen LogP contribution is 2.52. The summed E-state index contributed by atoms with van der Waals surface area (Å²) in [5, 5.41) is 1.78. The van der Waals surface area contributed by atoms with E-state index in [0.29, 0.717) is 5.56 Å². The van der Waals surface area contributed by atoms with Crippen molar-refractivity contribution >= 4 is 17.6 Å². The van der Waals surface area contributed by atoms with Gasteiger partial charge in [0.2, 0.25) is 5.54 Å². The van der Waals surface area contributed by atoms with Crippen LogP contribution in [0.5, 0.6) is 0 Å². The van der Waals surface area contributed by atoms with Gasteiger partial charge in [-0.3, -0.25) is 14.4 Å². The van der Waals surface area contributed by atoms with Gasteiger partial charge in [-0.05, 0) is 53.8 Å². The molecule has 1 N–H and O–H groups in total. The molecule has 0 radical (unpaired) electrons. The Hall–Kier alpha value is -3.56. The van der Waals surface area contributed by atoms with Gasteiger partial charge in [0.15, 0.2) is 5.78 Å². The minimum atomic E-state index is -5.37. The molecule has 5 nitrogen and oxygen atoms in total. The maximum atomic E-state index is 14.8. The molecule has 10 heteroatoms. The summed E-state index contributed by atoms with van der Waals surface area (Å²) in [5.41, 5.74) is -5.26. The molecule has 0 saturated carbocycles. The summed E-state index contributed by atoms with van der Waals surface area (Å²) in [4.78, 5) is 40.4. The molecule has 0 fully saturated rings. The Labute approximate surface area is 197 Å². The molecule has 2 aromatic rings. The Morgan fingerprint density at radius 3 is 2.03 bits per heavy atom. The minimum Gasteiger partial charge on any atom is -0.326 e. The number of alkyl halides is 3. The number of halogens is 5. The molecule has 184 valence electrons. The second kappa shape index (κ2) is 8.28. The summed E-state index contributed by atoms with van der Waals surface area (Å²) in [6, 6.07) is 8.60. The molecule has 0 aromatic heterocycles. The zero-order valence-corrected chi connectivity index (χ0v) is 18.8. The van der Waals surface area contributed by atoms with Gasteiger partial charge in [-0.15, -0.1) is 0 Å². The number of nitrogens with zero attached hydrogens (tertiary/aromatic N) is 1. The number of benzene rings is 2. The Kier molecular flexibility index (Phi) is 5.81. The highest BCUT2D eigenvalue weighted by Gasteiger charge is 2.71. The van der Waals surface area contributed by atoms with Crippen molar-refractivity contribution in [2.75, 3.05) is 0 Å². The number of Topliss-reactive ketones (excluding diaryl/α,β-unsaturated/α-hetero) is 1. The van der Waals surface area contributed by atoms with Crippen LogP contribution >= 0.6 is 0 Å². The average molecular weight is 492 g/mol. The fourth-order valence-corrected chi connectivity index (χ4v) is 4.61. The first-order valence-corrected chi connectivity index (χ1v) is 10.7.